The van der Waals surface area contributed by atoms with Gasteiger partial charge < -0.3 is 4.90 Å². The second-order valence-electron chi connectivity index (χ2n) is 4.05. The highest BCUT2D eigenvalue weighted by atomic mass is 15.1. The lowest BCUT2D eigenvalue weighted by atomic mass is 10.2. The number of hydrogen-bond acceptors (Lipinski definition) is 1. The van der Waals surface area contributed by atoms with Crippen molar-refractivity contribution in [2.24, 2.45) is 11.8 Å². The van der Waals surface area contributed by atoms with Crippen molar-refractivity contribution in [3.8, 4) is 0 Å². The molecule has 0 unspecified atom stereocenters. The summed E-state index contributed by atoms with van der Waals surface area (Å²) in [5.41, 5.74) is 0. The van der Waals surface area contributed by atoms with Gasteiger partial charge in [0.25, 0.3) is 0 Å². The Bertz CT molecular complexity index is 98.9. The van der Waals surface area contributed by atoms with Gasteiger partial charge in [0.1, 0.15) is 0 Å². The highest BCUT2D eigenvalue weighted by molar-refractivity contribution is 4.72. The molecule has 1 aliphatic heterocycles. The topological polar surface area (TPSA) is 3.24 Å². The predicted octanol–water partition coefficient (Wildman–Crippen LogP) is 1.98. The van der Waals surface area contributed by atoms with E-state index >= 15 is 0 Å². The molecule has 1 atom stereocenters. The van der Waals surface area contributed by atoms with Crippen LogP contribution in [0.3, 0.4) is 0 Å². The van der Waals surface area contributed by atoms with Crippen LogP contribution in [0.2, 0.25) is 0 Å². The van der Waals surface area contributed by atoms with Gasteiger partial charge in [0.15, 0.2) is 0 Å². The lowest BCUT2D eigenvalue weighted by Crippen LogP contribution is -2.24. The van der Waals surface area contributed by atoms with Crippen LogP contribution in [0.1, 0.15) is 27.2 Å². The van der Waals surface area contributed by atoms with Gasteiger partial charge in [0.2, 0.25) is 0 Å². The summed E-state index contributed by atoms with van der Waals surface area (Å²) in [6.07, 6.45) is 1.41. The van der Waals surface area contributed by atoms with Crippen molar-refractivity contribution in [2.45, 2.75) is 27.2 Å². The minimum atomic E-state index is 0.838. The highest BCUT2D eigenvalue weighted by Gasteiger charge is 2.18. The Balaban J connectivity index is 2.18. The van der Waals surface area contributed by atoms with Gasteiger partial charge in [-0.3, -0.25) is 0 Å². The molecule has 0 aromatic heterocycles. The second kappa shape index (κ2) is 3.38. The van der Waals surface area contributed by atoms with E-state index in [4.69, 9.17) is 0 Å². The third-order valence-electron chi connectivity index (χ3n) is 2.13. The van der Waals surface area contributed by atoms with Crippen LogP contribution < -0.4 is 0 Å². The van der Waals surface area contributed by atoms with Gasteiger partial charge in [-0.2, -0.15) is 0 Å². The third-order valence-corrected chi connectivity index (χ3v) is 2.13. The maximum absolute atomic E-state index is 2.58. The number of hydrogen-bond donors (Lipinski definition) is 0. The van der Waals surface area contributed by atoms with E-state index < -0.39 is 0 Å². The van der Waals surface area contributed by atoms with Crippen molar-refractivity contribution in [1.29, 1.82) is 0 Å². The monoisotopic (exact) mass is 141 g/mol. The first kappa shape index (κ1) is 8.06. The molecule has 0 spiro atoms. The average molecular weight is 141 g/mol. The molecule has 0 saturated carbocycles. The van der Waals surface area contributed by atoms with Crippen LogP contribution in [0.4, 0.5) is 0 Å². The Morgan fingerprint density at radius 3 is 2.60 bits per heavy atom. The van der Waals surface area contributed by atoms with Crippen molar-refractivity contribution in [3.63, 3.8) is 0 Å². The molecule has 0 aromatic rings. The van der Waals surface area contributed by atoms with E-state index in [1.165, 1.54) is 26.1 Å². The fraction of sp³-hybridized carbons (Fsp3) is 1.00. The van der Waals surface area contributed by atoms with Gasteiger partial charge in [-0.25, -0.2) is 0 Å². The van der Waals surface area contributed by atoms with Gasteiger partial charge in [-0.15, -0.1) is 0 Å². The highest BCUT2D eigenvalue weighted by Crippen LogP contribution is 2.15. The van der Waals surface area contributed by atoms with E-state index in [-0.39, 0.29) is 0 Å². The molecule has 1 heterocycles. The van der Waals surface area contributed by atoms with Gasteiger partial charge in [-0.05, 0) is 24.8 Å². The Morgan fingerprint density at radius 2 is 2.20 bits per heavy atom. The summed E-state index contributed by atoms with van der Waals surface area (Å²) in [7, 11) is 0. The maximum Gasteiger partial charge on any atom is 0.000761 e. The molecule has 10 heavy (non-hydrogen) atoms. The van der Waals surface area contributed by atoms with Crippen molar-refractivity contribution in [2.75, 3.05) is 19.6 Å². The van der Waals surface area contributed by atoms with Crippen LogP contribution in [0.25, 0.3) is 0 Å². The van der Waals surface area contributed by atoms with E-state index in [0.29, 0.717) is 0 Å². The van der Waals surface area contributed by atoms with Gasteiger partial charge >= 0.3 is 0 Å². The first-order valence-electron chi connectivity index (χ1n) is 4.41. The van der Waals surface area contributed by atoms with E-state index in [1.54, 1.807) is 0 Å². The smallest absolute Gasteiger partial charge is 0.000761 e. The molecule has 1 nitrogen and oxygen atoms in total. The van der Waals surface area contributed by atoms with Gasteiger partial charge in [-0.1, -0.05) is 20.8 Å². The predicted molar refractivity (Wildman–Crippen MR) is 45.1 cm³/mol. The maximum atomic E-state index is 2.58. The summed E-state index contributed by atoms with van der Waals surface area (Å²) < 4.78 is 0. The van der Waals surface area contributed by atoms with Crippen LogP contribution in [0.15, 0.2) is 0 Å². The standard InChI is InChI=1S/C9H19N/c1-8(2)6-10-5-4-9(3)7-10/h8-9H,4-7H2,1-3H3/t9-/m1/s1. The average Bonchev–Trinajstić information content (AvgIpc) is 2.13. The Kier molecular flexibility index (Phi) is 2.72. The molecule has 0 N–H and O–H groups in total. The summed E-state index contributed by atoms with van der Waals surface area (Å²) in [6.45, 7) is 10.9. The Hall–Kier alpha value is -0.0400. The fourth-order valence-corrected chi connectivity index (χ4v) is 1.71. The van der Waals surface area contributed by atoms with E-state index in [9.17, 15) is 0 Å². The van der Waals surface area contributed by atoms with Crippen molar-refractivity contribution in [3.05, 3.63) is 0 Å². The molecule has 0 amide bonds. The molecule has 60 valence electrons. The summed E-state index contributed by atoms with van der Waals surface area (Å²) in [5.74, 6) is 1.78. The molecular formula is C9H19N. The summed E-state index contributed by atoms with van der Waals surface area (Å²) in [4.78, 5) is 2.58. The van der Waals surface area contributed by atoms with Gasteiger partial charge in [0.05, 0.1) is 0 Å². The fourth-order valence-electron chi connectivity index (χ4n) is 1.71. The zero-order chi connectivity index (χ0) is 7.56. The van der Waals surface area contributed by atoms with Crippen LogP contribution in [0, 0.1) is 11.8 Å². The van der Waals surface area contributed by atoms with E-state index in [2.05, 4.69) is 25.7 Å². The Labute approximate surface area is 64.4 Å². The Morgan fingerprint density at radius 1 is 1.50 bits per heavy atom. The first-order valence-corrected chi connectivity index (χ1v) is 4.41. The zero-order valence-corrected chi connectivity index (χ0v) is 7.43. The normalized spacial score (nSPS) is 28.2. The number of nitrogens with zero attached hydrogens (tertiary/aromatic N) is 1. The minimum absolute atomic E-state index is 0.838. The first-order chi connectivity index (χ1) is 4.68. The van der Waals surface area contributed by atoms with Crippen molar-refractivity contribution in [1.82, 2.24) is 4.90 Å². The quantitative estimate of drug-likeness (QED) is 0.568. The molecule has 0 aliphatic carbocycles. The molecule has 1 rings (SSSR count). The summed E-state index contributed by atoms with van der Waals surface area (Å²) >= 11 is 0. The minimum Gasteiger partial charge on any atom is -0.303 e. The molecule has 1 aliphatic rings. The van der Waals surface area contributed by atoms with Crippen LogP contribution >= 0.6 is 0 Å². The molecular weight excluding hydrogens is 122 g/mol. The zero-order valence-electron chi connectivity index (χ0n) is 7.43. The van der Waals surface area contributed by atoms with Gasteiger partial charge in [0, 0.05) is 13.1 Å². The lowest BCUT2D eigenvalue weighted by Gasteiger charge is -2.17. The molecule has 0 aromatic carbocycles. The molecule has 1 heteroatoms. The van der Waals surface area contributed by atoms with Crippen molar-refractivity contribution < 1.29 is 0 Å². The van der Waals surface area contributed by atoms with E-state index in [0.717, 1.165) is 11.8 Å². The largest absolute Gasteiger partial charge is 0.303 e. The molecule has 0 radical (unpaired) electrons. The number of likely N-dealkylation sites (tertiary alicyclic amines) is 1. The van der Waals surface area contributed by atoms with Crippen LogP contribution in [0.5, 0.6) is 0 Å². The third kappa shape index (κ3) is 2.30. The molecule has 0 bridgehead atoms. The SMILES string of the molecule is CC(C)CN1CC[C@@H](C)C1. The second-order valence-corrected chi connectivity index (χ2v) is 4.05. The molecule has 1 fully saturated rings. The molecule has 1 saturated heterocycles. The summed E-state index contributed by atoms with van der Waals surface area (Å²) in [5, 5.41) is 0. The van der Waals surface area contributed by atoms with Crippen LogP contribution in [-0.2, 0) is 0 Å². The van der Waals surface area contributed by atoms with Crippen molar-refractivity contribution >= 4 is 0 Å². The lowest BCUT2D eigenvalue weighted by molar-refractivity contribution is 0.290. The number of rotatable bonds is 2. The van der Waals surface area contributed by atoms with Crippen LogP contribution in [-0.4, -0.2) is 24.5 Å². The van der Waals surface area contributed by atoms with E-state index in [1.807, 2.05) is 0 Å². The summed E-state index contributed by atoms with van der Waals surface area (Å²) in [6, 6.07) is 0.